The van der Waals surface area contributed by atoms with Crippen LogP contribution in [-0.4, -0.2) is 17.1 Å². The van der Waals surface area contributed by atoms with Crippen LogP contribution in [0.2, 0.25) is 0 Å². The Morgan fingerprint density at radius 1 is 1.46 bits per heavy atom. The van der Waals surface area contributed by atoms with E-state index in [0.717, 1.165) is 38.5 Å². The molecule has 1 fully saturated rings. The van der Waals surface area contributed by atoms with Gasteiger partial charge in [-0.2, -0.15) is 0 Å². The molecule has 0 amide bonds. The molecule has 0 radical (unpaired) electrons. The van der Waals surface area contributed by atoms with Crippen molar-refractivity contribution < 1.29 is 9.90 Å². The van der Waals surface area contributed by atoms with Crippen LogP contribution in [0, 0.1) is 5.41 Å². The van der Waals surface area contributed by atoms with E-state index in [1.807, 2.05) is 6.92 Å². The van der Waals surface area contributed by atoms with Crippen LogP contribution in [0.25, 0.3) is 0 Å². The third-order valence-corrected chi connectivity index (χ3v) is 3.32. The maximum absolute atomic E-state index is 11.2. The zero-order valence-corrected chi connectivity index (χ0v) is 8.25. The third kappa shape index (κ3) is 1.85. The largest absolute Gasteiger partial charge is 0.481 e. The molecule has 76 valence electrons. The summed E-state index contributed by atoms with van der Waals surface area (Å²) in [5, 5.41) is 9.21. The van der Waals surface area contributed by atoms with Crippen LogP contribution in [-0.2, 0) is 4.79 Å². The van der Waals surface area contributed by atoms with Gasteiger partial charge in [-0.15, -0.1) is 0 Å². The molecule has 1 saturated carbocycles. The molecule has 3 heteroatoms. The average Bonchev–Trinajstić information content (AvgIpc) is 2.17. The number of aliphatic carboxylic acids is 1. The predicted molar refractivity (Wildman–Crippen MR) is 51.4 cm³/mol. The highest BCUT2D eigenvalue weighted by atomic mass is 16.4. The number of hydrogen-bond acceptors (Lipinski definition) is 2. The maximum Gasteiger partial charge on any atom is 0.311 e. The minimum atomic E-state index is -0.693. The van der Waals surface area contributed by atoms with Crippen molar-refractivity contribution in [3.63, 3.8) is 0 Å². The van der Waals surface area contributed by atoms with Crippen LogP contribution < -0.4 is 5.73 Å². The van der Waals surface area contributed by atoms with Crippen molar-refractivity contribution >= 4 is 5.97 Å². The van der Waals surface area contributed by atoms with Gasteiger partial charge in [0.15, 0.2) is 0 Å². The van der Waals surface area contributed by atoms with Crippen LogP contribution in [0.3, 0.4) is 0 Å². The normalized spacial score (nSPS) is 23.8. The molecule has 0 aromatic rings. The fourth-order valence-corrected chi connectivity index (χ4v) is 2.32. The van der Waals surface area contributed by atoms with Crippen molar-refractivity contribution in [2.24, 2.45) is 11.1 Å². The molecule has 1 aliphatic carbocycles. The minimum absolute atomic E-state index is 0.176. The van der Waals surface area contributed by atoms with Crippen molar-refractivity contribution in [2.75, 3.05) is 0 Å². The fraction of sp³-hybridized carbons (Fsp3) is 0.900. The Balaban J connectivity index is 2.78. The molecule has 1 atom stereocenters. The van der Waals surface area contributed by atoms with Gasteiger partial charge in [-0.05, 0) is 19.3 Å². The molecular formula is C10H19NO2. The van der Waals surface area contributed by atoms with Gasteiger partial charge in [0.25, 0.3) is 0 Å². The van der Waals surface area contributed by atoms with E-state index in [2.05, 4.69) is 0 Å². The minimum Gasteiger partial charge on any atom is -0.481 e. The zero-order chi connectivity index (χ0) is 9.90. The second-order valence-corrected chi connectivity index (χ2v) is 4.04. The molecule has 0 aromatic heterocycles. The maximum atomic E-state index is 11.2. The highest BCUT2D eigenvalue weighted by Crippen LogP contribution is 2.39. The van der Waals surface area contributed by atoms with E-state index in [-0.39, 0.29) is 6.04 Å². The predicted octanol–water partition coefficient (Wildman–Crippen LogP) is 1.76. The van der Waals surface area contributed by atoms with E-state index in [9.17, 15) is 9.90 Å². The lowest BCUT2D eigenvalue weighted by Crippen LogP contribution is -2.48. The highest BCUT2D eigenvalue weighted by Gasteiger charge is 2.43. The van der Waals surface area contributed by atoms with Gasteiger partial charge in [0, 0.05) is 6.04 Å². The first kappa shape index (κ1) is 10.5. The summed E-state index contributed by atoms with van der Waals surface area (Å²) in [5.41, 5.74) is 5.28. The summed E-state index contributed by atoms with van der Waals surface area (Å²) in [6, 6.07) is -0.176. The van der Waals surface area contributed by atoms with E-state index >= 15 is 0 Å². The molecule has 13 heavy (non-hydrogen) atoms. The molecule has 0 aliphatic heterocycles. The fourth-order valence-electron chi connectivity index (χ4n) is 2.32. The number of nitrogens with two attached hydrogens (primary N) is 1. The Kier molecular flexibility index (Phi) is 3.31. The number of carboxylic acid groups (broad SMARTS) is 1. The Bertz CT molecular complexity index is 185. The van der Waals surface area contributed by atoms with E-state index in [0.29, 0.717) is 0 Å². The molecular weight excluding hydrogens is 166 g/mol. The molecule has 3 N–H and O–H groups in total. The molecule has 1 aliphatic rings. The van der Waals surface area contributed by atoms with E-state index < -0.39 is 11.4 Å². The van der Waals surface area contributed by atoms with Crippen LogP contribution >= 0.6 is 0 Å². The van der Waals surface area contributed by atoms with Crippen LogP contribution in [0.4, 0.5) is 0 Å². The number of hydrogen-bond donors (Lipinski definition) is 2. The van der Waals surface area contributed by atoms with Crippen molar-refractivity contribution in [1.29, 1.82) is 0 Å². The molecule has 0 bridgehead atoms. The second kappa shape index (κ2) is 4.09. The first-order valence-electron chi connectivity index (χ1n) is 5.12. The van der Waals surface area contributed by atoms with E-state index in [4.69, 9.17) is 5.73 Å². The Hall–Kier alpha value is -0.570. The van der Waals surface area contributed by atoms with Crippen LogP contribution in [0.5, 0.6) is 0 Å². The zero-order valence-electron chi connectivity index (χ0n) is 8.25. The van der Waals surface area contributed by atoms with Gasteiger partial charge in [-0.1, -0.05) is 26.2 Å². The Morgan fingerprint density at radius 3 is 2.38 bits per heavy atom. The lowest BCUT2D eigenvalue weighted by molar-refractivity contribution is -0.152. The quantitative estimate of drug-likeness (QED) is 0.704. The topological polar surface area (TPSA) is 63.3 Å². The molecule has 0 heterocycles. The summed E-state index contributed by atoms with van der Waals surface area (Å²) in [4.78, 5) is 11.2. The van der Waals surface area contributed by atoms with E-state index in [1.165, 1.54) is 0 Å². The Morgan fingerprint density at radius 2 is 2.00 bits per heavy atom. The van der Waals surface area contributed by atoms with Crippen LogP contribution in [0.1, 0.15) is 45.4 Å². The van der Waals surface area contributed by atoms with Gasteiger partial charge in [0.1, 0.15) is 0 Å². The standard InChI is InChI=1S/C10H19NO2/c1-2-8(11)10(9(12)13)6-4-3-5-7-10/h8H,2-7,11H2,1H3,(H,12,13). The number of rotatable bonds is 3. The molecule has 1 unspecified atom stereocenters. The first-order chi connectivity index (χ1) is 6.13. The summed E-state index contributed by atoms with van der Waals surface area (Å²) >= 11 is 0. The lowest BCUT2D eigenvalue weighted by atomic mass is 9.68. The number of carbonyl (C=O) groups is 1. The van der Waals surface area contributed by atoms with E-state index in [1.54, 1.807) is 0 Å². The van der Waals surface area contributed by atoms with Crippen molar-refractivity contribution in [3.8, 4) is 0 Å². The molecule has 1 rings (SSSR count). The molecule has 0 saturated heterocycles. The third-order valence-electron chi connectivity index (χ3n) is 3.32. The van der Waals surface area contributed by atoms with Crippen molar-refractivity contribution in [1.82, 2.24) is 0 Å². The SMILES string of the molecule is CCC(N)C1(C(=O)O)CCCCC1. The van der Waals surface area contributed by atoms with Gasteiger partial charge in [0.05, 0.1) is 5.41 Å². The molecule has 0 spiro atoms. The number of carboxylic acids is 1. The first-order valence-corrected chi connectivity index (χ1v) is 5.12. The lowest BCUT2D eigenvalue weighted by Gasteiger charge is -2.37. The summed E-state index contributed by atoms with van der Waals surface area (Å²) in [6.45, 7) is 1.96. The van der Waals surface area contributed by atoms with Gasteiger partial charge >= 0.3 is 5.97 Å². The molecule has 0 aromatic carbocycles. The van der Waals surface area contributed by atoms with Gasteiger partial charge in [-0.25, -0.2) is 0 Å². The monoisotopic (exact) mass is 185 g/mol. The summed E-state index contributed by atoms with van der Waals surface area (Å²) in [7, 11) is 0. The summed E-state index contributed by atoms with van der Waals surface area (Å²) in [6.07, 6.45) is 5.46. The summed E-state index contributed by atoms with van der Waals surface area (Å²) in [5.74, 6) is -0.693. The smallest absolute Gasteiger partial charge is 0.311 e. The van der Waals surface area contributed by atoms with Gasteiger partial charge in [-0.3, -0.25) is 4.79 Å². The van der Waals surface area contributed by atoms with Gasteiger partial charge < -0.3 is 10.8 Å². The Labute approximate surface area is 79.3 Å². The average molecular weight is 185 g/mol. The van der Waals surface area contributed by atoms with Crippen molar-refractivity contribution in [3.05, 3.63) is 0 Å². The van der Waals surface area contributed by atoms with Crippen molar-refractivity contribution in [2.45, 2.75) is 51.5 Å². The second-order valence-electron chi connectivity index (χ2n) is 4.04. The molecule has 3 nitrogen and oxygen atoms in total. The summed E-state index contributed by atoms with van der Waals surface area (Å²) < 4.78 is 0. The van der Waals surface area contributed by atoms with Crippen LogP contribution in [0.15, 0.2) is 0 Å². The highest BCUT2D eigenvalue weighted by molar-refractivity contribution is 5.75. The van der Waals surface area contributed by atoms with Gasteiger partial charge in [0.2, 0.25) is 0 Å².